The zero-order chi connectivity index (χ0) is 54.9. The van der Waals surface area contributed by atoms with Gasteiger partial charge in [-0.25, -0.2) is 0 Å². The minimum atomic E-state index is -1.94. The van der Waals surface area contributed by atoms with E-state index in [1.807, 2.05) is 0 Å². The molecular formula is C48H76N4O22S. The first-order valence-electron chi connectivity index (χ1n) is 25.1. The van der Waals surface area contributed by atoms with E-state index in [1.165, 1.54) is 18.9 Å². The molecule has 20 atom stereocenters. The number of aliphatic hydroxyl groups excluding tert-OH is 9. The Morgan fingerprint density at radius 1 is 0.573 bits per heavy atom. The van der Waals surface area contributed by atoms with Crippen LogP contribution >= 0.6 is 12.9 Å². The summed E-state index contributed by atoms with van der Waals surface area (Å²) in [5.41, 5.74) is 0.0469. The van der Waals surface area contributed by atoms with Crippen molar-refractivity contribution in [1.82, 2.24) is 21.3 Å². The topological polar surface area (TPSA) is 382 Å². The number of para-hydroxylation sites is 1. The van der Waals surface area contributed by atoms with Gasteiger partial charge < -0.3 is 109 Å². The van der Waals surface area contributed by atoms with E-state index in [0.717, 1.165) is 46.5 Å². The predicted octanol–water partition coefficient (Wildman–Crippen LogP) is -3.32. The van der Waals surface area contributed by atoms with Crippen LogP contribution in [0.2, 0.25) is 0 Å². The lowest BCUT2D eigenvalue weighted by molar-refractivity contribution is -0.361. The van der Waals surface area contributed by atoms with Crippen LogP contribution in [-0.4, -0.2) is 225 Å². The third-order valence-corrected chi connectivity index (χ3v) is 13.2. The zero-order valence-electron chi connectivity index (χ0n) is 42.3. The van der Waals surface area contributed by atoms with Gasteiger partial charge in [-0.1, -0.05) is 50.5 Å². The molecule has 1 aromatic rings. The van der Waals surface area contributed by atoms with Crippen LogP contribution in [0.5, 0.6) is 5.75 Å². The molecule has 4 heterocycles. The van der Waals surface area contributed by atoms with Crippen LogP contribution in [0.15, 0.2) is 36.4 Å². The predicted molar refractivity (Wildman–Crippen MR) is 261 cm³/mol. The standard InChI is InChI=1S/C48H76N4O22S/c1-5-6-7-8-9-10-11-12-15-18-66-27-17-14-13-16-26(27)44(64)52-33-37(60)36(59)28(19-53)69-46(33)72-41-29(20-54)70-47(34(39(41)62)50-24(3)57)73-42-30(21-55)71-48(35(40(42)63)51-25(4)58)74-43-31(22-67-75)68-45(65)32(38(43)61)49-23(2)56/h10-11,13-14,16-17,28-43,45-48,53-55,59-63,65,75H,5-9,12,15,18-22H2,1-4H3,(H,49,56)(H,50,57)(H,51,58)(H,52,64)/b11-10-/t28?,29?,30?,31?,32?,33-,34-,35?,36?,37?,38?,39?,40?,41?,42?,43?,45?,46?,47?,48?/m0/s1. The van der Waals surface area contributed by atoms with Gasteiger partial charge in [-0.05, 0) is 50.7 Å². The number of carbonyl (C=O) groups excluding carboxylic acids is 4. The summed E-state index contributed by atoms with van der Waals surface area (Å²) in [6.45, 7) is 2.62. The number of unbranched alkanes of at least 4 members (excludes halogenated alkanes) is 5. The molecule has 0 saturated carbocycles. The van der Waals surface area contributed by atoms with Crippen LogP contribution in [0.1, 0.15) is 83.0 Å². The molecule has 0 aliphatic carbocycles. The molecule has 0 radical (unpaired) electrons. The van der Waals surface area contributed by atoms with Crippen molar-refractivity contribution < 1.29 is 107 Å². The molecule has 0 spiro atoms. The quantitative estimate of drug-likeness (QED) is 0.0187. The van der Waals surface area contributed by atoms with Gasteiger partial charge in [0.05, 0.1) is 38.6 Å². The second-order valence-corrected chi connectivity index (χ2v) is 19.0. The van der Waals surface area contributed by atoms with Gasteiger partial charge in [0.25, 0.3) is 5.91 Å². The Kier molecular flexibility index (Phi) is 25.2. The monoisotopic (exact) mass is 1090 g/mol. The number of ether oxygens (including phenoxy) is 8. The molecule has 0 bridgehead atoms. The number of rotatable bonds is 26. The van der Waals surface area contributed by atoms with Crippen molar-refractivity contribution >= 4 is 36.5 Å². The molecule has 5 rings (SSSR count). The second kappa shape index (κ2) is 30.5. The number of nitrogens with one attached hydrogen (secondary N) is 4. The van der Waals surface area contributed by atoms with Gasteiger partial charge in [-0.15, -0.1) is 0 Å². The van der Waals surface area contributed by atoms with E-state index in [4.69, 9.17) is 42.1 Å². The van der Waals surface area contributed by atoms with Gasteiger partial charge in [-0.3, -0.25) is 19.2 Å². The smallest absolute Gasteiger partial charge is 0.255 e. The largest absolute Gasteiger partial charge is 0.493 e. The highest BCUT2D eigenvalue weighted by Crippen LogP contribution is 2.35. The number of thiol groups is 1. The Morgan fingerprint density at radius 3 is 1.55 bits per heavy atom. The fourth-order valence-electron chi connectivity index (χ4n) is 9.31. The number of carbonyl (C=O) groups is 4. The van der Waals surface area contributed by atoms with Crippen LogP contribution in [0.4, 0.5) is 0 Å². The molecule has 4 amide bonds. The fraction of sp³-hybridized carbons (Fsp3) is 0.750. The Balaban J connectivity index is 1.35. The molecule has 13 N–H and O–H groups in total. The van der Waals surface area contributed by atoms with Crippen molar-refractivity contribution in [2.75, 3.05) is 33.0 Å². The molecule has 1 aromatic carbocycles. The van der Waals surface area contributed by atoms with E-state index in [1.54, 1.807) is 18.2 Å². The first-order valence-corrected chi connectivity index (χ1v) is 25.5. The highest BCUT2D eigenvalue weighted by atomic mass is 32.1. The average Bonchev–Trinajstić information content (AvgIpc) is 3.37. The summed E-state index contributed by atoms with van der Waals surface area (Å²) in [6.07, 6.45) is -16.0. The highest BCUT2D eigenvalue weighted by molar-refractivity contribution is 7.75. The number of aliphatic hydroxyl groups is 9. The van der Waals surface area contributed by atoms with Crippen molar-refractivity contribution in [2.45, 2.75) is 195 Å². The van der Waals surface area contributed by atoms with Crippen LogP contribution in [0.25, 0.3) is 0 Å². The number of benzene rings is 1. The Bertz CT molecular complexity index is 1980. The van der Waals surface area contributed by atoms with Gasteiger partial charge in [-0.2, -0.15) is 0 Å². The molecule has 75 heavy (non-hydrogen) atoms. The molecule has 27 heteroatoms. The zero-order valence-corrected chi connectivity index (χ0v) is 43.2. The first-order chi connectivity index (χ1) is 35.9. The number of allylic oxidation sites excluding steroid dienone is 2. The van der Waals surface area contributed by atoms with Crippen molar-refractivity contribution in [3.63, 3.8) is 0 Å². The normalized spacial score (nSPS) is 36.1. The van der Waals surface area contributed by atoms with E-state index >= 15 is 0 Å². The molecule has 4 aliphatic rings. The lowest BCUT2D eigenvalue weighted by Crippen LogP contribution is -2.71. The third-order valence-electron chi connectivity index (χ3n) is 13.1. The van der Waals surface area contributed by atoms with Crippen molar-refractivity contribution in [2.24, 2.45) is 0 Å². The van der Waals surface area contributed by atoms with Gasteiger partial charge in [0.1, 0.15) is 103 Å². The summed E-state index contributed by atoms with van der Waals surface area (Å²) in [6, 6.07) is -0.0286. The van der Waals surface area contributed by atoms with E-state index in [0.29, 0.717) is 6.42 Å². The lowest BCUT2D eigenvalue weighted by atomic mass is 9.93. The van der Waals surface area contributed by atoms with Gasteiger partial charge in [0, 0.05) is 20.8 Å². The molecule has 0 aromatic heterocycles. The summed E-state index contributed by atoms with van der Waals surface area (Å²) in [5, 5.41) is 110. The van der Waals surface area contributed by atoms with Crippen molar-refractivity contribution in [1.29, 1.82) is 0 Å². The van der Waals surface area contributed by atoms with E-state index in [2.05, 4.69) is 53.3 Å². The maximum atomic E-state index is 14.0. The summed E-state index contributed by atoms with van der Waals surface area (Å²) in [4.78, 5) is 51.3. The summed E-state index contributed by atoms with van der Waals surface area (Å²) in [7, 11) is 0. The minimum absolute atomic E-state index is 0.0469. The minimum Gasteiger partial charge on any atom is -0.493 e. The lowest BCUT2D eigenvalue weighted by Gasteiger charge is -2.51. The average molecular weight is 1090 g/mol. The van der Waals surface area contributed by atoms with E-state index < -0.39 is 173 Å². The number of amides is 4. The molecule has 4 fully saturated rings. The van der Waals surface area contributed by atoms with Crippen LogP contribution in [0, 0.1) is 0 Å². The Labute approximate surface area is 439 Å². The van der Waals surface area contributed by atoms with Crippen molar-refractivity contribution in [3.05, 3.63) is 42.0 Å². The van der Waals surface area contributed by atoms with Gasteiger partial charge in [0.15, 0.2) is 25.2 Å². The maximum Gasteiger partial charge on any atom is 0.255 e. The summed E-state index contributed by atoms with van der Waals surface area (Å²) >= 11 is 3.73. The molecular weight excluding hydrogens is 1020 g/mol. The maximum absolute atomic E-state index is 14.0. The Hall–Kier alpha value is -3.69. The van der Waals surface area contributed by atoms with Gasteiger partial charge in [0.2, 0.25) is 17.7 Å². The van der Waals surface area contributed by atoms with Crippen LogP contribution in [0.3, 0.4) is 0 Å². The number of hydrogen-bond donors (Lipinski definition) is 14. The van der Waals surface area contributed by atoms with Crippen LogP contribution in [-0.2, 0) is 51.7 Å². The van der Waals surface area contributed by atoms with Gasteiger partial charge >= 0.3 is 0 Å². The van der Waals surface area contributed by atoms with Crippen LogP contribution < -0.4 is 26.0 Å². The second-order valence-electron chi connectivity index (χ2n) is 18.8. The molecule has 18 unspecified atom stereocenters. The highest BCUT2D eigenvalue weighted by Gasteiger charge is 2.56. The summed E-state index contributed by atoms with van der Waals surface area (Å²) < 4.78 is 52.8. The molecule has 426 valence electrons. The molecule has 4 aliphatic heterocycles. The Morgan fingerprint density at radius 2 is 1.04 bits per heavy atom. The molecule has 26 nitrogen and oxygen atoms in total. The SMILES string of the molecule is CCCCCC/C=C\CCCOc1ccccc1C(=O)N[C@@H]1C(OC2C(CO)OC(OC3C(CO)OC(OC4C(COS)OC(O)C(NC(C)=O)C4O)C(NC(C)=O)C3O)[C@@H](NC(C)=O)C2O)OC(CO)C(O)C1O. The number of hydrogen-bond acceptors (Lipinski definition) is 23. The first kappa shape index (κ1) is 62.2. The van der Waals surface area contributed by atoms with E-state index in [-0.39, 0.29) is 17.9 Å². The fourth-order valence-corrected chi connectivity index (χ4v) is 9.46. The van der Waals surface area contributed by atoms with E-state index in [9.17, 15) is 65.1 Å². The van der Waals surface area contributed by atoms with Crippen molar-refractivity contribution in [3.8, 4) is 5.75 Å². The molecule has 4 saturated heterocycles. The summed E-state index contributed by atoms with van der Waals surface area (Å²) in [5.74, 6) is -2.73. The third kappa shape index (κ3) is 16.7.